The summed E-state index contributed by atoms with van der Waals surface area (Å²) in [6.45, 7) is 6.02. The van der Waals surface area contributed by atoms with E-state index in [2.05, 4.69) is 21.2 Å². The van der Waals surface area contributed by atoms with Gasteiger partial charge < -0.3 is 10.2 Å². The van der Waals surface area contributed by atoms with Crippen molar-refractivity contribution in [3.63, 3.8) is 0 Å². The minimum atomic E-state index is -0.228. The van der Waals surface area contributed by atoms with E-state index >= 15 is 0 Å². The number of hydrogen-bond donors (Lipinski definition) is 1. The van der Waals surface area contributed by atoms with Crippen LogP contribution < -0.4 is 10.2 Å². The lowest BCUT2D eigenvalue weighted by molar-refractivity contribution is -0.122. The summed E-state index contributed by atoms with van der Waals surface area (Å²) < 4.78 is 0.821. The van der Waals surface area contributed by atoms with Crippen LogP contribution in [0.5, 0.6) is 0 Å². The third kappa shape index (κ3) is 3.86. The zero-order chi connectivity index (χ0) is 20.7. The molecule has 1 aliphatic heterocycles. The molecule has 1 heterocycles. The Morgan fingerprint density at radius 3 is 2.72 bits per heavy atom. The number of amides is 2. The van der Waals surface area contributed by atoms with Gasteiger partial charge in [-0.1, -0.05) is 6.07 Å². The van der Waals surface area contributed by atoms with E-state index in [1.54, 1.807) is 4.90 Å². The molecule has 1 saturated carbocycles. The van der Waals surface area contributed by atoms with Gasteiger partial charge in [-0.3, -0.25) is 14.6 Å². The van der Waals surface area contributed by atoms with E-state index in [1.807, 2.05) is 51.1 Å². The SMILES string of the molecule is Cc1ccc(NC(=O)CN2C(=O)[C@@H]3CCCC3=Nc3cc(C)c(C)cc32)c(Br)c1. The minimum Gasteiger partial charge on any atom is -0.324 e. The summed E-state index contributed by atoms with van der Waals surface area (Å²) in [4.78, 5) is 32.7. The number of aliphatic imine (C=N–C) groups is 1. The topological polar surface area (TPSA) is 61.8 Å². The number of halogens is 1. The molecule has 0 saturated heterocycles. The number of rotatable bonds is 3. The van der Waals surface area contributed by atoms with E-state index in [-0.39, 0.29) is 24.3 Å². The van der Waals surface area contributed by atoms with E-state index in [0.29, 0.717) is 5.69 Å². The molecule has 0 spiro atoms. The summed E-state index contributed by atoms with van der Waals surface area (Å²) in [6.07, 6.45) is 2.61. The molecule has 150 valence electrons. The largest absolute Gasteiger partial charge is 0.324 e. The van der Waals surface area contributed by atoms with Crippen molar-refractivity contribution in [2.45, 2.75) is 40.0 Å². The van der Waals surface area contributed by atoms with Crippen molar-refractivity contribution in [1.29, 1.82) is 0 Å². The number of fused-ring (bicyclic) bond motifs is 2. The molecule has 1 N–H and O–H groups in total. The van der Waals surface area contributed by atoms with Gasteiger partial charge in [0.1, 0.15) is 6.54 Å². The molecule has 1 aliphatic carbocycles. The lowest BCUT2D eigenvalue weighted by atomic mass is 10.0. The first kappa shape index (κ1) is 19.8. The molecule has 29 heavy (non-hydrogen) atoms. The third-order valence-corrected chi connectivity index (χ3v) is 6.39. The van der Waals surface area contributed by atoms with Crippen LogP contribution in [-0.2, 0) is 9.59 Å². The number of hydrogen-bond acceptors (Lipinski definition) is 3. The number of nitrogens with zero attached hydrogens (tertiary/aromatic N) is 2. The Hall–Kier alpha value is -2.47. The first-order chi connectivity index (χ1) is 13.8. The number of carbonyl (C=O) groups excluding carboxylic acids is 2. The fourth-order valence-corrected chi connectivity index (χ4v) is 4.59. The summed E-state index contributed by atoms with van der Waals surface area (Å²) in [5.41, 5.74) is 6.46. The van der Waals surface area contributed by atoms with Crippen LogP contribution in [0.1, 0.15) is 36.0 Å². The molecule has 0 bridgehead atoms. The highest BCUT2D eigenvalue weighted by atomic mass is 79.9. The Bertz CT molecular complexity index is 1040. The fourth-order valence-electron chi connectivity index (χ4n) is 4.00. The van der Waals surface area contributed by atoms with Gasteiger partial charge in [0.15, 0.2) is 0 Å². The number of aryl methyl sites for hydroxylation is 3. The summed E-state index contributed by atoms with van der Waals surface area (Å²) in [5, 5.41) is 2.93. The van der Waals surface area contributed by atoms with Crippen LogP contribution in [0, 0.1) is 26.7 Å². The van der Waals surface area contributed by atoms with Crippen molar-refractivity contribution in [2.24, 2.45) is 10.9 Å². The normalized spacial score (nSPS) is 18.1. The van der Waals surface area contributed by atoms with Gasteiger partial charge in [0, 0.05) is 10.2 Å². The standard InChI is InChI=1S/C23H24BrN3O2/c1-13-7-8-19(17(24)9-13)26-22(28)12-27-21-11-15(3)14(2)10-20(21)25-18-6-4-5-16(18)23(27)29/h7-11,16H,4-6,12H2,1-3H3,(H,26,28)/t16-/m1/s1. The van der Waals surface area contributed by atoms with Crippen LogP contribution >= 0.6 is 15.9 Å². The summed E-state index contributed by atoms with van der Waals surface area (Å²) in [5.74, 6) is -0.475. The molecule has 2 aromatic carbocycles. The van der Waals surface area contributed by atoms with Gasteiger partial charge >= 0.3 is 0 Å². The number of anilines is 2. The number of benzene rings is 2. The Morgan fingerprint density at radius 2 is 1.97 bits per heavy atom. The monoisotopic (exact) mass is 453 g/mol. The van der Waals surface area contributed by atoms with Crippen molar-refractivity contribution >= 4 is 50.5 Å². The molecule has 6 heteroatoms. The lowest BCUT2D eigenvalue weighted by Gasteiger charge is -2.25. The van der Waals surface area contributed by atoms with Gasteiger partial charge in [-0.05, 0) is 96.9 Å². The van der Waals surface area contributed by atoms with Crippen LogP contribution in [0.4, 0.5) is 17.1 Å². The van der Waals surface area contributed by atoms with Crippen LogP contribution in [0.3, 0.4) is 0 Å². The smallest absolute Gasteiger partial charge is 0.244 e. The van der Waals surface area contributed by atoms with Crippen LogP contribution in [0.25, 0.3) is 0 Å². The summed E-state index contributed by atoms with van der Waals surface area (Å²) >= 11 is 3.49. The number of nitrogens with one attached hydrogen (secondary N) is 1. The van der Waals surface area contributed by atoms with Crippen LogP contribution in [-0.4, -0.2) is 24.1 Å². The van der Waals surface area contributed by atoms with Crippen LogP contribution in [0.15, 0.2) is 39.8 Å². The van der Waals surface area contributed by atoms with Gasteiger partial charge in [0.05, 0.1) is 23.0 Å². The van der Waals surface area contributed by atoms with E-state index in [0.717, 1.165) is 57.5 Å². The second-order valence-electron chi connectivity index (χ2n) is 7.93. The Balaban J connectivity index is 1.66. The van der Waals surface area contributed by atoms with Gasteiger partial charge in [-0.2, -0.15) is 0 Å². The molecule has 2 aromatic rings. The molecule has 1 atom stereocenters. The molecule has 2 aliphatic rings. The first-order valence-electron chi connectivity index (χ1n) is 9.89. The highest BCUT2D eigenvalue weighted by Crippen LogP contribution is 2.39. The number of carbonyl (C=O) groups is 2. The van der Waals surface area contributed by atoms with Crippen molar-refractivity contribution in [3.05, 3.63) is 51.5 Å². The molecular weight excluding hydrogens is 430 g/mol. The zero-order valence-corrected chi connectivity index (χ0v) is 18.5. The Labute approximate surface area is 179 Å². The second kappa shape index (κ2) is 7.75. The van der Waals surface area contributed by atoms with Crippen LogP contribution in [0.2, 0.25) is 0 Å². The molecular formula is C23H24BrN3O2. The van der Waals surface area contributed by atoms with Gasteiger partial charge in [-0.25, -0.2) is 0 Å². The highest BCUT2D eigenvalue weighted by Gasteiger charge is 2.37. The Kier molecular flexibility index (Phi) is 5.30. The predicted octanol–water partition coefficient (Wildman–Crippen LogP) is 5.23. The molecule has 4 rings (SSSR count). The quantitative estimate of drug-likeness (QED) is 0.690. The maximum absolute atomic E-state index is 13.3. The molecule has 1 fully saturated rings. The molecule has 2 amide bonds. The van der Waals surface area contributed by atoms with E-state index in [4.69, 9.17) is 4.99 Å². The average molecular weight is 454 g/mol. The van der Waals surface area contributed by atoms with E-state index < -0.39 is 0 Å². The van der Waals surface area contributed by atoms with Gasteiger partial charge in [0.25, 0.3) is 0 Å². The van der Waals surface area contributed by atoms with Crippen molar-refractivity contribution in [3.8, 4) is 0 Å². The van der Waals surface area contributed by atoms with Crippen molar-refractivity contribution in [2.75, 3.05) is 16.8 Å². The maximum atomic E-state index is 13.3. The predicted molar refractivity (Wildman–Crippen MR) is 120 cm³/mol. The molecule has 5 nitrogen and oxygen atoms in total. The first-order valence-corrected chi connectivity index (χ1v) is 10.7. The van der Waals surface area contributed by atoms with E-state index in [1.165, 1.54) is 0 Å². The minimum absolute atomic E-state index is 0.0265. The maximum Gasteiger partial charge on any atom is 0.244 e. The lowest BCUT2D eigenvalue weighted by Crippen LogP contribution is -2.42. The third-order valence-electron chi connectivity index (χ3n) is 5.74. The fraction of sp³-hybridized carbons (Fsp3) is 0.348. The Morgan fingerprint density at radius 1 is 1.21 bits per heavy atom. The van der Waals surface area contributed by atoms with Gasteiger partial charge in [0.2, 0.25) is 11.8 Å². The van der Waals surface area contributed by atoms with Crippen molar-refractivity contribution < 1.29 is 9.59 Å². The summed E-state index contributed by atoms with van der Waals surface area (Å²) in [7, 11) is 0. The van der Waals surface area contributed by atoms with E-state index in [9.17, 15) is 9.59 Å². The summed E-state index contributed by atoms with van der Waals surface area (Å²) in [6, 6.07) is 9.75. The highest BCUT2D eigenvalue weighted by molar-refractivity contribution is 9.10. The average Bonchev–Trinajstić information content (AvgIpc) is 3.09. The molecule has 0 aromatic heterocycles. The van der Waals surface area contributed by atoms with Gasteiger partial charge in [-0.15, -0.1) is 0 Å². The molecule has 0 radical (unpaired) electrons. The van der Waals surface area contributed by atoms with Crippen molar-refractivity contribution in [1.82, 2.24) is 0 Å². The second-order valence-corrected chi connectivity index (χ2v) is 8.78. The molecule has 0 unspecified atom stereocenters. The zero-order valence-electron chi connectivity index (χ0n) is 16.9.